The van der Waals surface area contributed by atoms with Crippen molar-refractivity contribution in [2.45, 2.75) is 26.7 Å². The van der Waals surface area contributed by atoms with Crippen LogP contribution in [0.25, 0.3) is 33.7 Å². The molecule has 0 unspecified atom stereocenters. The Morgan fingerprint density at radius 1 is 1.16 bits per heavy atom. The zero-order valence-corrected chi connectivity index (χ0v) is 17.8. The van der Waals surface area contributed by atoms with E-state index in [-0.39, 0.29) is 11.1 Å². The molecule has 2 aromatic heterocycles. The van der Waals surface area contributed by atoms with Crippen LogP contribution in [0.5, 0.6) is 5.75 Å². The summed E-state index contributed by atoms with van der Waals surface area (Å²) in [5.74, 6) is -0.278. The molecule has 0 radical (unpaired) electrons. The van der Waals surface area contributed by atoms with Crippen LogP contribution in [0.2, 0.25) is 0 Å². The summed E-state index contributed by atoms with van der Waals surface area (Å²) in [6, 6.07) is 13.5. The first-order chi connectivity index (χ1) is 15.5. The van der Waals surface area contributed by atoms with Crippen LogP contribution in [-0.4, -0.2) is 43.1 Å². The first-order valence-electron chi connectivity index (χ1n) is 10.4. The van der Waals surface area contributed by atoms with Gasteiger partial charge in [0.05, 0.1) is 18.1 Å². The number of aromatic nitrogens is 5. The number of rotatable bonds is 8. The van der Waals surface area contributed by atoms with Crippen molar-refractivity contribution in [3.05, 3.63) is 58.4 Å². The Morgan fingerprint density at radius 2 is 1.97 bits per heavy atom. The summed E-state index contributed by atoms with van der Waals surface area (Å²) >= 11 is 0. The van der Waals surface area contributed by atoms with Gasteiger partial charge in [-0.05, 0) is 48.6 Å². The Bertz CT molecular complexity index is 1330. The van der Waals surface area contributed by atoms with Gasteiger partial charge in [-0.1, -0.05) is 42.5 Å². The fraction of sp³-hybridized carbons (Fsp3) is 0.261. The third kappa shape index (κ3) is 4.22. The Morgan fingerprint density at radius 3 is 2.72 bits per heavy atom. The minimum Gasteiger partial charge on any atom is -0.493 e. The second kappa shape index (κ2) is 9.01. The average molecular weight is 433 g/mol. The highest BCUT2D eigenvalue weighted by atomic mass is 16.5. The van der Waals surface area contributed by atoms with Gasteiger partial charge in [0.25, 0.3) is 5.56 Å². The predicted molar refractivity (Wildman–Crippen MR) is 119 cm³/mol. The van der Waals surface area contributed by atoms with Gasteiger partial charge in [-0.15, -0.1) is 5.10 Å². The number of fused-ring (bicyclic) bond motifs is 1. The van der Waals surface area contributed by atoms with Crippen molar-refractivity contribution in [1.29, 1.82) is 0 Å². The van der Waals surface area contributed by atoms with Crippen molar-refractivity contribution in [1.82, 2.24) is 25.4 Å². The van der Waals surface area contributed by atoms with E-state index >= 15 is 0 Å². The van der Waals surface area contributed by atoms with E-state index in [0.717, 1.165) is 16.7 Å². The zero-order valence-electron chi connectivity index (χ0n) is 17.8. The van der Waals surface area contributed by atoms with E-state index in [1.807, 2.05) is 56.3 Å². The molecular weight excluding hydrogens is 410 g/mol. The topological polar surface area (TPSA) is 134 Å². The quantitative estimate of drug-likeness (QED) is 0.387. The van der Waals surface area contributed by atoms with Crippen LogP contribution in [0.4, 0.5) is 0 Å². The van der Waals surface area contributed by atoms with Crippen LogP contribution in [0.1, 0.15) is 25.8 Å². The number of benzene rings is 2. The summed E-state index contributed by atoms with van der Waals surface area (Å²) in [4.78, 5) is 30.8. The van der Waals surface area contributed by atoms with Crippen molar-refractivity contribution in [3.8, 4) is 28.3 Å². The molecule has 0 bridgehead atoms. The van der Waals surface area contributed by atoms with E-state index in [2.05, 4.69) is 25.4 Å². The highest BCUT2D eigenvalue weighted by Gasteiger charge is 2.17. The normalized spacial score (nSPS) is 12.1. The summed E-state index contributed by atoms with van der Waals surface area (Å²) < 4.78 is 5.85. The molecule has 0 saturated carbocycles. The van der Waals surface area contributed by atoms with E-state index in [9.17, 15) is 14.7 Å². The molecule has 0 amide bonds. The van der Waals surface area contributed by atoms with Gasteiger partial charge in [0.15, 0.2) is 11.2 Å². The Labute approximate surface area is 183 Å². The first-order valence-corrected chi connectivity index (χ1v) is 10.4. The Balaban J connectivity index is 1.72. The molecule has 4 rings (SSSR count). The number of H-pyrrole nitrogens is 2. The molecule has 4 aromatic rings. The fourth-order valence-corrected chi connectivity index (χ4v) is 3.63. The highest BCUT2D eigenvalue weighted by molar-refractivity contribution is 5.77. The molecule has 0 saturated heterocycles. The Kier molecular flexibility index (Phi) is 5.98. The van der Waals surface area contributed by atoms with Gasteiger partial charge in [0.1, 0.15) is 11.6 Å². The van der Waals surface area contributed by atoms with E-state index in [0.29, 0.717) is 42.2 Å². The van der Waals surface area contributed by atoms with Crippen LogP contribution in [0.3, 0.4) is 0 Å². The van der Waals surface area contributed by atoms with Gasteiger partial charge in [-0.3, -0.25) is 9.59 Å². The van der Waals surface area contributed by atoms with Gasteiger partial charge in [-0.2, -0.15) is 0 Å². The fourth-order valence-electron chi connectivity index (χ4n) is 3.63. The molecule has 2 aromatic carbocycles. The van der Waals surface area contributed by atoms with Crippen LogP contribution >= 0.6 is 0 Å². The van der Waals surface area contributed by atoms with Crippen molar-refractivity contribution in [2.75, 3.05) is 6.61 Å². The summed E-state index contributed by atoms with van der Waals surface area (Å²) in [7, 11) is 0. The average Bonchev–Trinajstić information content (AvgIpc) is 3.27. The first kappa shape index (κ1) is 21.2. The molecule has 0 fully saturated rings. The zero-order chi connectivity index (χ0) is 22.7. The van der Waals surface area contributed by atoms with Crippen LogP contribution in [-0.2, 0) is 11.2 Å². The predicted octanol–water partition coefficient (Wildman–Crippen LogP) is 3.43. The lowest BCUT2D eigenvalue weighted by Gasteiger charge is -2.14. The Hall–Kier alpha value is -4.01. The maximum atomic E-state index is 12.3. The van der Waals surface area contributed by atoms with Crippen LogP contribution in [0, 0.1) is 5.92 Å². The number of carboxylic acids is 1. The molecule has 3 N–H and O–H groups in total. The second-order valence-corrected chi connectivity index (χ2v) is 7.42. The molecule has 9 nitrogen and oxygen atoms in total. The van der Waals surface area contributed by atoms with Crippen molar-refractivity contribution >= 4 is 17.1 Å². The van der Waals surface area contributed by atoms with Crippen molar-refractivity contribution < 1.29 is 14.6 Å². The van der Waals surface area contributed by atoms with E-state index in [1.54, 1.807) is 0 Å². The van der Waals surface area contributed by atoms with Gasteiger partial charge in [0.2, 0.25) is 0 Å². The SMILES string of the molecule is CCOc1cc(-c2cccc(C[C@H](CC)C(=O)O)c2)ccc1-c1nc2[nH]nnc2c(=O)[nH]1. The monoisotopic (exact) mass is 433 g/mol. The summed E-state index contributed by atoms with van der Waals surface area (Å²) in [5.41, 5.74) is 3.51. The number of hydrogen-bond acceptors (Lipinski definition) is 6. The summed E-state index contributed by atoms with van der Waals surface area (Å²) in [6.07, 6.45) is 1.05. The van der Waals surface area contributed by atoms with Crippen LogP contribution in [0.15, 0.2) is 47.3 Å². The van der Waals surface area contributed by atoms with Gasteiger partial charge >= 0.3 is 5.97 Å². The van der Waals surface area contributed by atoms with E-state index < -0.39 is 11.9 Å². The number of aromatic amines is 2. The van der Waals surface area contributed by atoms with E-state index in [4.69, 9.17) is 4.74 Å². The highest BCUT2D eigenvalue weighted by Crippen LogP contribution is 2.33. The molecule has 164 valence electrons. The van der Waals surface area contributed by atoms with Gasteiger partial charge < -0.3 is 14.8 Å². The molecule has 9 heteroatoms. The van der Waals surface area contributed by atoms with Crippen molar-refractivity contribution in [3.63, 3.8) is 0 Å². The number of nitrogens with one attached hydrogen (secondary N) is 2. The third-order valence-corrected chi connectivity index (χ3v) is 5.32. The second-order valence-electron chi connectivity index (χ2n) is 7.42. The van der Waals surface area contributed by atoms with E-state index in [1.165, 1.54) is 0 Å². The largest absolute Gasteiger partial charge is 0.493 e. The number of hydrogen-bond donors (Lipinski definition) is 3. The number of ether oxygens (including phenoxy) is 1. The number of nitrogens with zero attached hydrogens (tertiary/aromatic N) is 3. The summed E-state index contributed by atoms with van der Waals surface area (Å²) in [6.45, 7) is 4.20. The van der Waals surface area contributed by atoms with Crippen molar-refractivity contribution in [2.24, 2.45) is 5.92 Å². The lowest BCUT2D eigenvalue weighted by atomic mass is 9.94. The van der Waals surface area contributed by atoms with Gasteiger partial charge in [0, 0.05) is 0 Å². The molecule has 32 heavy (non-hydrogen) atoms. The molecule has 0 aliphatic carbocycles. The number of carbonyl (C=O) groups is 1. The maximum absolute atomic E-state index is 12.3. The molecular formula is C23H23N5O4. The minimum atomic E-state index is -0.785. The lowest BCUT2D eigenvalue weighted by Crippen LogP contribution is -2.15. The maximum Gasteiger partial charge on any atom is 0.306 e. The van der Waals surface area contributed by atoms with Crippen LogP contribution < -0.4 is 10.3 Å². The molecule has 0 aliphatic rings. The molecule has 0 spiro atoms. The smallest absolute Gasteiger partial charge is 0.306 e. The lowest BCUT2D eigenvalue weighted by molar-refractivity contribution is -0.141. The molecule has 1 atom stereocenters. The molecule has 2 heterocycles. The number of carboxylic acid groups (broad SMARTS) is 1. The standard InChI is InChI=1S/C23H23N5O4/c1-3-14(23(30)31)10-13-6-5-7-15(11-13)16-8-9-17(18(12-16)32-4-2)20-24-21-19(22(29)25-20)26-28-27-21/h5-9,11-12,14H,3-4,10H2,1-2H3,(H,30,31)(H2,24,25,26,27,28,29)/t14-/m0/s1. The minimum absolute atomic E-state index is 0.145. The number of aliphatic carboxylic acids is 1. The molecule has 0 aliphatic heterocycles. The van der Waals surface area contributed by atoms with Gasteiger partial charge in [-0.25, -0.2) is 10.1 Å². The third-order valence-electron chi connectivity index (χ3n) is 5.32. The summed E-state index contributed by atoms with van der Waals surface area (Å²) in [5, 5.41) is 19.3.